The van der Waals surface area contributed by atoms with Crippen molar-refractivity contribution < 1.29 is 20.1 Å². The molecule has 1 atom stereocenters. The first kappa shape index (κ1) is 20.3. The molecule has 0 fully saturated rings. The van der Waals surface area contributed by atoms with E-state index in [-0.39, 0.29) is 25.6 Å². The molecule has 4 aromatic rings. The third-order valence-electron chi connectivity index (χ3n) is 6.25. The van der Waals surface area contributed by atoms with E-state index < -0.39 is 5.41 Å². The van der Waals surface area contributed by atoms with Crippen LogP contribution < -0.4 is 4.74 Å². The Morgan fingerprint density at radius 3 is 2.09 bits per heavy atom. The number of rotatable bonds is 6. The van der Waals surface area contributed by atoms with Crippen molar-refractivity contribution in [2.75, 3.05) is 13.2 Å². The maximum absolute atomic E-state index is 11.0. The summed E-state index contributed by atoms with van der Waals surface area (Å²) < 4.78 is 5.58. The van der Waals surface area contributed by atoms with Gasteiger partial charge in [-0.1, -0.05) is 66.7 Å². The molecule has 0 aromatic heterocycles. The predicted octanol–water partition coefficient (Wildman–Crippen LogP) is 4.62. The number of para-hydroxylation sites is 1. The monoisotopic (exact) mass is 424 g/mol. The second-order valence-electron chi connectivity index (χ2n) is 7.95. The Kier molecular flexibility index (Phi) is 5.17. The van der Waals surface area contributed by atoms with Crippen LogP contribution in [0.15, 0.2) is 91.0 Å². The maximum Gasteiger partial charge on any atom is 0.120 e. The molecule has 5 rings (SSSR count). The topological polar surface area (TPSA) is 69.9 Å². The molecule has 0 heterocycles. The van der Waals surface area contributed by atoms with Gasteiger partial charge in [-0.15, -0.1) is 0 Å². The Morgan fingerprint density at radius 2 is 1.38 bits per heavy atom. The Morgan fingerprint density at radius 1 is 0.688 bits per heavy atom. The molecule has 4 aromatic carbocycles. The van der Waals surface area contributed by atoms with E-state index in [0.717, 1.165) is 38.9 Å². The lowest BCUT2D eigenvalue weighted by molar-refractivity contribution is 0.201. The highest BCUT2D eigenvalue weighted by atomic mass is 16.5. The summed E-state index contributed by atoms with van der Waals surface area (Å²) in [6, 6.07) is 29.6. The summed E-state index contributed by atoms with van der Waals surface area (Å²) in [7, 11) is 0. The Balaban J connectivity index is 1.84. The standard InChI is InChI=1S/C28H24O4/c29-15-16-32-21-12-10-20(11-13-21)28(26-7-3-4-8-27(26)31)24-6-2-1-5-22(24)23-17-19(18-30)9-14-25(23)28/h1-14,17,29-31H,15-16,18H2. The van der Waals surface area contributed by atoms with Gasteiger partial charge in [-0.3, -0.25) is 0 Å². The first-order valence-corrected chi connectivity index (χ1v) is 10.7. The van der Waals surface area contributed by atoms with Gasteiger partial charge in [-0.05, 0) is 57.6 Å². The highest BCUT2D eigenvalue weighted by molar-refractivity contribution is 5.87. The van der Waals surface area contributed by atoms with Crippen molar-refractivity contribution >= 4 is 0 Å². The molecule has 4 nitrogen and oxygen atoms in total. The number of hydrogen-bond donors (Lipinski definition) is 3. The van der Waals surface area contributed by atoms with Crippen LogP contribution >= 0.6 is 0 Å². The van der Waals surface area contributed by atoms with Gasteiger partial charge in [-0.2, -0.15) is 0 Å². The maximum atomic E-state index is 11.0. The number of aromatic hydroxyl groups is 1. The zero-order valence-electron chi connectivity index (χ0n) is 17.5. The molecule has 0 amide bonds. The molecule has 3 N–H and O–H groups in total. The van der Waals surface area contributed by atoms with Crippen molar-refractivity contribution in [1.82, 2.24) is 0 Å². The van der Waals surface area contributed by atoms with Crippen molar-refractivity contribution in [3.63, 3.8) is 0 Å². The summed E-state index contributed by atoms with van der Waals surface area (Å²) in [6.07, 6.45) is 0. The number of fused-ring (bicyclic) bond motifs is 3. The van der Waals surface area contributed by atoms with Crippen LogP contribution in [0.1, 0.15) is 27.8 Å². The molecule has 0 saturated heterocycles. The van der Waals surface area contributed by atoms with E-state index in [2.05, 4.69) is 18.2 Å². The Bertz CT molecular complexity index is 1260. The van der Waals surface area contributed by atoms with Gasteiger partial charge in [0.2, 0.25) is 0 Å². The number of benzene rings is 4. The lowest BCUT2D eigenvalue weighted by Crippen LogP contribution is -2.28. The fraction of sp³-hybridized carbons (Fsp3) is 0.143. The summed E-state index contributed by atoms with van der Waals surface area (Å²) in [5.41, 5.74) is 6.19. The molecular weight excluding hydrogens is 400 g/mol. The van der Waals surface area contributed by atoms with E-state index in [4.69, 9.17) is 9.84 Å². The molecule has 32 heavy (non-hydrogen) atoms. The number of phenolic OH excluding ortho intramolecular Hbond substituents is 1. The second-order valence-corrected chi connectivity index (χ2v) is 7.95. The van der Waals surface area contributed by atoms with E-state index in [0.29, 0.717) is 5.75 Å². The van der Waals surface area contributed by atoms with Gasteiger partial charge < -0.3 is 20.1 Å². The normalized spacial score (nSPS) is 16.4. The first-order chi connectivity index (χ1) is 15.7. The molecule has 1 aliphatic carbocycles. The predicted molar refractivity (Wildman–Crippen MR) is 124 cm³/mol. The average molecular weight is 424 g/mol. The van der Waals surface area contributed by atoms with Crippen molar-refractivity contribution in [3.8, 4) is 22.6 Å². The summed E-state index contributed by atoms with van der Waals surface area (Å²) in [4.78, 5) is 0. The van der Waals surface area contributed by atoms with Gasteiger partial charge in [0, 0.05) is 5.56 Å². The van der Waals surface area contributed by atoms with Gasteiger partial charge >= 0.3 is 0 Å². The van der Waals surface area contributed by atoms with Crippen LogP contribution in [0.2, 0.25) is 0 Å². The fourth-order valence-corrected chi connectivity index (χ4v) is 4.94. The molecule has 0 bridgehead atoms. The average Bonchev–Trinajstić information content (AvgIpc) is 3.14. The Hall–Kier alpha value is -3.60. The van der Waals surface area contributed by atoms with Gasteiger partial charge in [0.25, 0.3) is 0 Å². The molecule has 0 aliphatic heterocycles. The van der Waals surface area contributed by atoms with Crippen molar-refractivity contribution in [2.24, 2.45) is 0 Å². The minimum atomic E-state index is -0.721. The lowest BCUT2D eigenvalue weighted by atomic mass is 9.67. The molecule has 1 aliphatic rings. The van der Waals surface area contributed by atoms with Crippen molar-refractivity contribution in [1.29, 1.82) is 0 Å². The lowest BCUT2D eigenvalue weighted by Gasteiger charge is -2.34. The number of ether oxygens (including phenoxy) is 1. The second kappa shape index (κ2) is 8.15. The number of aliphatic hydroxyl groups is 2. The molecule has 1 unspecified atom stereocenters. The highest BCUT2D eigenvalue weighted by Gasteiger charge is 2.47. The molecular formula is C28H24O4. The summed E-state index contributed by atoms with van der Waals surface area (Å²) in [5, 5.41) is 29.8. The van der Waals surface area contributed by atoms with Crippen LogP contribution in [0.4, 0.5) is 0 Å². The quantitative estimate of drug-likeness (QED) is 0.372. The molecule has 4 heteroatoms. The van der Waals surface area contributed by atoms with E-state index in [9.17, 15) is 10.2 Å². The Labute approximate surface area is 187 Å². The van der Waals surface area contributed by atoms with Crippen LogP contribution in [0, 0.1) is 0 Å². The van der Waals surface area contributed by atoms with Gasteiger partial charge in [0.1, 0.15) is 18.1 Å². The molecule has 0 radical (unpaired) electrons. The summed E-state index contributed by atoms with van der Waals surface area (Å²) in [5.74, 6) is 0.902. The van der Waals surface area contributed by atoms with Crippen LogP contribution in [0.25, 0.3) is 11.1 Å². The number of hydrogen-bond acceptors (Lipinski definition) is 4. The third-order valence-corrected chi connectivity index (χ3v) is 6.25. The van der Waals surface area contributed by atoms with E-state index in [1.54, 1.807) is 6.07 Å². The molecule has 0 spiro atoms. The smallest absolute Gasteiger partial charge is 0.120 e. The van der Waals surface area contributed by atoms with E-state index in [1.807, 2.05) is 66.7 Å². The van der Waals surface area contributed by atoms with Crippen molar-refractivity contribution in [2.45, 2.75) is 12.0 Å². The van der Waals surface area contributed by atoms with E-state index in [1.165, 1.54) is 0 Å². The van der Waals surface area contributed by atoms with Crippen LogP contribution in [0.5, 0.6) is 11.5 Å². The molecule has 160 valence electrons. The minimum absolute atomic E-state index is 0.0318. The SMILES string of the molecule is OCCOc1ccc(C2(c3ccccc3O)c3ccccc3-c3cc(CO)ccc32)cc1. The van der Waals surface area contributed by atoms with Crippen LogP contribution in [-0.4, -0.2) is 28.5 Å². The summed E-state index contributed by atoms with van der Waals surface area (Å²) >= 11 is 0. The van der Waals surface area contributed by atoms with E-state index >= 15 is 0 Å². The first-order valence-electron chi connectivity index (χ1n) is 10.7. The number of aliphatic hydroxyl groups excluding tert-OH is 2. The van der Waals surface area contributed by atoms with Gasteiger partial charge in [-0.25, -0.2) is 0 Å². The van der Waals surface area contributed by atoms with Gasteiger partial charge in [0.15, 0.2) is 0 Å². The van der Waals surface area contributed by atoms with Crippen LogP contribution in [0.3, 0.4) is 0 Å². The molecule has 0 saturated carbocycles. The zero-order chi connectivity index (χ0) is 22.1. The largest absolute Gasteiger partial charge is 0.508 e. The highest BCUT2D eigenvalue weighted by Crippen LogP contribution is 2.57. The number of phenols is 1. The van der Waals surface area contributed by atoms with Crippen molar-refractivity contribution in [3.05, 3.63) is 119 Å². The van der Waals surface area contributed by atoms with Crippen LogP contribution in [-0.2, 0) is 12.0 Å². The third kappa shape index (κ3) is 3.00. The summed E-state index contributed by atoms with van der Waals surface area (Å²) in [6.45, 7) is 0.160. The zero-order valence-corrected chi connectivity index (χ0v) is 17.5. The minimum Gasteiger partial charge on any atom is -0.508 e. The fourth-order valence-electron chi connectivity index (χ4n) is 4.94. The van der Waals surface area contributed by atoms with Gasteiger partial charge in [0.05, 0.1) is 18.6 Å².